The van der Waals surface area contributed by atoms with Gasteiger partial charge in [-0.1, -0.05) is 37.6 Å². The summed E-state index contributed by atoms with van der Waals surface area (Å²) in [6, 6.07) is 12.9. The Morgan fingerprint density at radius 1 is 1.11 bits per heavy atom. The molecule has 1 aliphatic rings. The fourth-order valence-electron chi connectivity index (χ4n) is 3.21. The maximum absolute atomic E-state index is 12.9. The minimum Gasteiger partial charge on any atom is -0.325 e. The van der Waals surface area contributed by atoms with Crippen LogP contribution in [0, 0.1) is 0 Å². The molecule has 2 aromatic rings. The number of carbonyl (C=O) groups excluding carboxylic acids is 1. The topological polar surface area (TPSA) is 66.5 Å². The van der Waals surface area contributed by atoms with Gasteiger partial charge in [-0.2, -0.15) is 4.31 Å². The van der Waals surface area contributed by atoms with Crippen molar-refractivity contribution in [1.29, 1.82) is 0 Å². The van der Waals surface area contributed by atoms with Crippen LogP contribution in [0.5, 0.6) is 0 Å². The number of anilines is 1. The lowest BCUT2D eigenvalue weighted by molar-refractivity contribution is -0.119. The number of benzene rings is 2. The molecule has 0 aromatic heterocycles. The quantitative estimate of drug-likeness (QED) is 0.806. The van der Waals surface area contributed by atoms with Gasteiger partial charge >= 0.3 is 0 Å². The summed E-state index contributed by atoms with van der Waals surface area (Å²) in [5, 5.41) is 3.31. The first-order chi connectivity index (χ1) is 12.8. The molecule has 1 saturated heterocycles. The van der Waals surface area contributed by atoms with Gasteiger partial charge in [0.2, 0.25) is 15.9 Å². The summed E-state index contributed by atoms with van der Waals surface area (Å²) in [7, 11) is -3.75. The normalized spacial score (nSPS) is 18.0. The van der Waals surface area contributed by atoms with Crippen LogP contribution in [0.15, 0.2) is 53.4 Å². The Bertz CT molecular complexity index is 909. The van der Waals surface area contributed by atoms with E-state index in [2.05, 4.69) is 19.2 Å². The first-order valence-electron chi connectivity index (χ1n) is 8.97. The zero-order valence-corrected chi connectivity index (χ0v) is 16.9. The van der Waals surface area contributed by atoms with Gasteiger partial charge in [0, 0.05) is 17.3 Å². The fraction of sp³-hybridized carbons (Fsp3) is 0.350. The monoisotopic (exact) mass is 406 g/mol. The summed E-state index contributed by atoms with van der Waals surface area (Å²) in [6.07, 6.45) is 1.15. The van der Waals surface area contributed by atoms with Crippen LogP contribution in [0.25, 0.3) is 0 Å². The molecule has 1 heterocycles. The van der Waals surface area contributed by atoms with Crippen molar-refractivity contribution in [3.05, 3.63) is 59.1 Å². The van der Waals surface area contributed by atoms with Crippen molar-refractivity contribution in [3.63, 3.8) is 0 Å². The Morgan fingerprint density at radius 2 is 1.74 bits per heavy atom. The smallest absolute Gasteiger partial charge is 0.243 e. The van der Waals surface area contributed by atoms with Crippen LogP contribution in [-0.4, -0.2) is 31.2 Å². The number of amides is 1. The zero-order chi connectivity index (χ0) is 19.6. The zero-order valence-electron chi connectivity index (χ0n) is 15.4. The van der Waals surface area contributed by atoms with Gasteiger partial charge in [-0.3, -0.25) is 4.79 Å². The summed E-state index contributed by atoms with van der Waals surface area (Å²) >= 11 is 5.85. The molecule has 27 heavy (non-hydrogen) atoms. The molecule has 0 aliphatic carbocycles. The highest BCUT2D eigenvalue weighted by Crippen LogP contribution is 2.28. The van der Waals surface area contributed by atoms with Crippen molar-refractivity contribution < 1.29 is 13.2 Å². The van der Waals surface area contributed by atoms with Crippen LogP contribution in [0.4, 0.5) is 5.69 Å². The summed E-state index contributed by atoms with van der Waals surface area (Å²) in [5.74, 6) is 0.104. The number of nitrogens with zero attached hydrogens (tertiary/aromatic N) is 1. The molecule has 0 radical (unpaired) electrons. The van der Waals surface area contributed by atoms with E-state index < -0.39 is 16.1 Å². The molecule has 5 nitrogen and oxygen atoms in total. The molecule has 1 N–H and O–H groups in total. The lowest BCUT2D eigenvalue weighted by atomic mass is 10.0. The Morgan fingerprint density at radius 3 is 2.33 bits per heavy atom. The molecule has 1 amide bonds. The van der Waals surface area contributed by atoms with Crippen molar-refractivity contribution in [2.75, 3.05) is 11.9 Å². The van der Waals surface area contributed by atoms with Crippen LogP contribution >= 0.6 is 11.6 Å². The van der Waals surface area contributed by atoms with E-state index in [0.717, 1.165) is 0 Å². The van der Waals surface area contributed by atoms with E-state index >= 15 is 0 Å². The van der Waals surface area contributed by atoms with Crippen molar-refractivity contribution in [1.82, 2.24) is 4.31 Å². The second-order valence-electron chi connectivity index (χ2n) is 6.99. The SMILES string of the molecule is CC(C)c1ccc(NC(=O)[C@@H]2CCCN2S(=O)(=O)c2ccc(Cl)cc2)cc1. The number of hydrogen-bond donors (Lipinski definition) is 1. The standard InChI is InChI=1S/C20H23ClN2O3S/c1-14(2)15-5-9-17(10-6-15)22-20(24)19-4-3-13-23(19)27(25,26)18-11-7-16(21)8-12-18/h5-12,14,19H,3-4,13H2,1-2H3,(H,22,24)/t19-/m0/s1. The maximum Gasteiger partial charge on any atom is 0.243 e. The Labute approximate surface area is 165 Å². The van der Waals surface area contributed by atoms with Gasteiger partial charge < -0.3 is 5.32 Å². The summed E-state index contributed by atoms with van der Waals surface area (Å²) in [5.41, 5.74) is 1.85. The van der Waals surface area contributed by atoms with Crippen molar-refractivity contribution in [3.8, 4) is 0 Å². The van der Waals surface area contributed by atoms with Gasteiger partial charge in [-0.25, -0.2) is 8.42 Å². The highest BCUT2D eigenvalue weighted by atomic mass is 35.5. The molecule has 7 heteroatoms. The molecule has 1 aliphatic heterocycles. The van der Waals surface area contributed by atoms with E-state index in [4.69, 9.17) is 11.6 Å². The van der Waals surface area contributed by atoms with E-state index in [1.54, 1.807) is 0 Å². The average molecular weight is 407 g/mol. The first kappa shape index (κ1) is 19.9. The Kier molecular flexibility index (Phi) is 5.89. The third-order valence-corrected chi connectivity index (χ3v) is 6.95. The number of carbonyl (C=O) groups is 1. The predicted octanol–water partition coefficient (Wildman–Crippen LogP) is 4.26. The number of sulfonamides is 1. The van der Waals surface area contributed by atoms with E-state index in [9.17, 15) is 13.2 Å². The third-order valence-electron chi connectivity index (χ3n) is 4.77. The summed E-state index contributed by atoms with van der Waals surface area (Å²) < 4.78 is 27.2. The summed E-state index contributed by atoms with van der Waals surface area (Å²) in [4.78, 5) is 12.9. The molecule has 0 saturated carbocycles. The molecular weight excluding hydrogens is 384 g/mol. The van der Waals surface area contributed by atoms with Crippen LogP contribution in [0.2, 0.25) is 5.02 Å². The molecule has 2 aromatic carbocycles. The minimum atomic E-state index is -3.75. The van der Waals surface area contributed by atoms with Crippen LogP contribution in [0.1, 0.15) is 38.2 Å². The third kappa shape index (κ3) is 4.34. The molecule has 0 bridgehead atoms. The number of hydrogen-bond acceptors (Lipinski definition) is 3. The Balaban J connectivity index is 1.77. The van der Waals surface area contributed by atoms with E-state index in [1.165, 1.54) is 34.1 Å². The van der Waals surface area contributed by atoms with Gasteiger partial charge in [0.05, 0.1) is 4.90 Å². The predicted molar refractivity (Wildman–Crippen MR) is 108 cm³/mol. The van der Waals surface area contributed by atoms with E-state index in [-0.39, 0.29) is 10.8 Å². The molecule has 3 rings (SSSR count). The number of nitrogens with one attached hydrogen (secondary N) is 1. The molecule has 0 spiro atoms. The van der Waals surface area contributed by atoms with Gasteiger partial charge in [-0.05, 0) is 60.7 Å². The van der Waals surface area contributed by atoms with Crippen LogP contribution in [-0.2, 0) is 14.8 Å². The fourth-order valence-corrected chi connectivity index (χ4v) is 4.99. The molecular formula is C20H23ClN2O3S. The molecule has 144 valence electrons. The van der Waals surface area contributed by atoms with Gasteiger partial charge in [-0.15, -0.1) is 0 Å². The lowest BCUT2D eigenvalue weighted by Gasteiger charge is -2.23. The van der Waals surface area contributed by atoms with E-state index in [1.807, 2.05) is 24.3 Å². The van der Waals surface area contributed by atoms with Crippen LogP contribution in [0.3, 0.4) is 0 Å². The maximum atomic E-state index is 12.9. The average Bonchev–Trinajstić information content (AvgIpc) is 3.13. The number of rotatable bonds is 5. The number of halogens is 1. The highest BCUT2D eigenvalue weighted by molar-refractivity contribution is 7.89. The Hall–Kier alpha value is -1.89. The second kappa shape index (κ2) is 8.00. The van der Waals surface area contributed by atoms with Crippen LogP contribution < -0.4 is 5.32 Å². The first-order valence-corrected chi connectivity index (χ1v) is 10.8. The van der Waals surface area contributed by atoms with Crippen molar-refractivity contribution >= 4 is 33.2 Å². The van der Waals surface area contributed by atoms with Gasteiger partial charge in [0.25, 0.3) is 0 Å². The highest BCUT2D eigenvalue weighted by Gasteiger charge is 2.39. The van der Waals surface area contributed by atoms with Crippen molar-refractivity contribution in [2.45, 2.75) is 43.5 Å². The van der Waals surface area contributed by atoms with Gasteiger partial charge in [0.15, 0.2) is 0 Å². The largest absolute Gasteiger partial charge is 0.325 e. The summed E-state index contributed by atoms with van der Waals surface area (Å²) in [6.45, 7) is 4.53. The van der Waals surface area contributed by atoms with Gasteiger partial charge in [0.1, 0.15) is 6.04 Å². The lowest BCUT2D eigenvalue weighted by Crippen LogP contribution is -2.43. The molecule has 0 unspecified atom stereocenters. The molecule has 1 fully saturated rings. The second-order valence-corrected chi connectivity index (χ2v) is 9.32. The minimum absolute atomic E-state index is 0.146. The van der Waals surface area contributed by atoms with E-state index in [0.29, 0.717) is 36.0 Å². The van der Waals surface area contributed by atoms with Crippen molar-refractivity contribution in [2.24, 2.45) is 0 Å². The molecule has 1 atom stereocenters.